The number of hydrogen-bond donors (Lipinski definition) is 1. The average Bonchev–Trinajstić information content (AvgIpc) is 3.17. The Balaban J connectivity index is 1.51. The zero-order valence-corrected chi connectivity index (χ0v) is 15.1. The molecule has 0 spiro atoms. The first kappa shape index (κ1) is 17.9. The molecule has 1 aliphatic heterocycles. The van der Waals surface area contributed by atoms with E-state index in [1.807, 2.05) is 11.7 Å². The maximum atomic E-state index is 13.4. The molecule has 2 aromatic rings. The molecule has 6 heteroatoms. The van der Waals surface area contributed by atoms with Gasteiger partial charge in [0, 0.05) is 56.7 Å². The van der Waals surface area contributed by atoms with Crippen molar-refractivity contribution in [2.24, 2.45) is 13.0 Å². The van der Waals surface area contributed by atoms with Gasteiger partial charge in [0.1, 0.15) is 0 Å². The van der Waals surface area contributed by atoms with Crippen LogP contribution in [-0.4, -0.2) is 29.4 Å². The van der Waals surface area contributed by atoms with Crippen LogP contribution in [0.5, 0.6) is 0 Å². The van der Waals surface area contributed by atoms with Gasteiger partial charge in [0.2, 0.25) is 0 Å². The first-order valence-electron chi connectivity index (χ1n) is 8.87. The molecule has 25 heavy (non-hydrogen) atoms. The van der Waals surface area contributed by atoms with Crippen LogP contribution in [0, 0.1) is 17.6 Å². The lowest BCUT2D eigenvalue weighted by Crippen LogP contribution is -2.26. The minimum absolute atomic E-state index is 0.411. The van der Waals surface area contributed by atoms with Gasteiger partial charge in [0.15, 0.2) is 11.6 Å². The summed E-state index contributed by atoms with van der Waals surface area (Å²) in [6, 6.07) is 4.14. The second-order valence-electron chi connectivity index (χ2n) is 7.20. The van der Waals surface area contributed by atoms with Crippen molar-refractivity contribution in [3.8, 4) is 0 Å². The Labute approximate surface area is 147 Å². The maximum absolute atomic E-state index is 13.4. The van der Waals surface area contributed by atoms with Gasteiger partial charge < -0.3 is 10.2 Å². The molecular formula is C19H26F2N4. The Bertz CT molecular complexity index is 726. The number of nitrogens with zero attached hydrogens (tertiary/aromatic N) is 3. The normalized spacial score (nSPS) is 17.7. The zero-order valence-electron chi connectivity index (χ0n) is 15.1. The fraction of sp³-hybridized carbons (Fsp3) is 0.526. The first-order valence-corrected chi connectivity index (χ1v) is 8.87. The smallest absolute Gasteiger partial charge is 0.160 e. The van der Waals surface area contributed by atoms with Crippen LogP contribution >= 0.6 is 0 Å². The molecule has 0 aliphatic carbocycles. The molecule has 0 saturated carbocycles. The van der Waals surface area contributed by atoms with Crippen molar-refractivity contribution in [3.05, 3.63) is 47.3 Å². The Hall–Kier alpha value is -1.95. The van der Waals surface area contributed by atoms with E-state index in [1.54, 1.807) is 6.07 Å². The van der Waals surface area contributed by atoms with Gasteiger partial charge in [-0.05, 0) is 30.4 Å². The monoisotopic (exact) mass is 348 g/mol. The maximum Gasteiger partial charge on any atom is 0.160 e. The number of benzene rings is 1. The highest BCUT2D eigenvalue weighted by Gasteiger charge is 2.23. The summed E-state index contributed by atoms with van der Waals surface area (Å²) in [4.78, 5) is 2.12. The van der Waals surface area contributed by atoms with Gasteiger partial charge in [-0.3, -0.25) is 4.68 Å². The van der Waals surface area contributed by atoms with E-state index in [2.05, 4.69) is 35.4 Å². The fourth-order valence-corrected chi connectivity index (χ4v) is 3.50. The molecule has 0 amide bonds. The van der Waals surface area contributed by atoms with Crippen LogP contribution in [0.2, 0.25) is 0 Å². The van der Waals surface area contributed by atoms with Crippen molar-refractivity contribution in [2.75, 3.05) is 24.5 Å². The Morgan fingerprint density at radius 3 is 2.80 bits per heavy atom. The third kappa shape index (κ3) is 4.18. The standard InChI is InChI=1S/C19H26F2N4/c1-13(2)19-15(12-24(3)23-19)10-22-9-14-6-7-25(11-14)16-4-5-17(20)18(21)8-16/h4-5,8,12-14,22H,6-7,9-11H2,1-3H3/t14-/m1/s1. The van der Waals surface area contributed by atoms with E-state index < -0.39 is 11.6 Å². The quantitative estimate of drug-likeness (QED) is 0.868. The van der Waals surface area contributed by atoms with Crippen molar-refractivity contribution >= 4 is 5.69 Å². The highest BCUT2D eigenvalue weighted by molar-refractivity contribution is 5.47. The summed E-state index contributed by atoms with van der Waals surface area (Å²) in [6.45, 7) is 7.77. The zero-order chi connectivity index (χ0) is 18.0. The number of hydrogen-bond acceptors (Lipinski definition) is 3. The highest BCUT2D eigenvalue weighted by Crippen LogP contribution is 2.25. The third-order valence-corrected chi connectivity index (χ3v) is 4.79. The van der Waals surface area contributed by atoms with Gasteiger partial charge in [-0.25, -0.2) is 8.78 Å². The molecule has 1 aromatic heterocycles. The summed E-state index contributed by atoms with van der Waals surface area (Å²) in [7, 11) is 1.95. The van der Waals surface area contributed by atoms with E-state index in [0.717, 1.165) is 44.0 Å². The van der Waals surface area contributed by atoms with Crippen LogP contribution in [0.3, 0.4) is 0 Å². The molecule has 1 saturated heterocycles. The lowest BCUT2D eigenvalue weighted by Gasteiger charge is -2.19. The predicted molar refractivity (Wildman–Crippen MR) is 95.7 cm³/mol. The largest absolute Gasteiger partial charge is 0.371 e. The second kappa shape index (κ2) is 7.52. The van der Waals surface area contributed by atoms with Gasteiger partial charge in [0.05, 0.1) is 5.69 Å². The molecule has 4 nitrogen and oxygen atoms in total. The van der Waals surface area contributed by atoms with Gasteiger partial charge in [0.25, 0.3) is 0 Å². The average molecular weight is 348 g/mol. The van der Waals surface area contributed by atoms with Crippen LogP contribution in [0.25, 0.3) is 0 Å². The van der Waals surface area contributed by atoms with Crippen LogP contribution in [0.15, 0.2) is 24.4 Å². The van der Waals surface area contributed by atoms with Crippen molar-refractivity contribution < 1.29 is 8.78 Å². The Morgan fingerprint density at radius 1 is 1.28 bits per heavy atom. The van der Waals surface area contributed by atoms with E-state index in [0.29, 0.717) is 11.8 Å². The minimum Gasteiger partial charge on any atom is -0.371 e. The number of aromatic nitrogens is 2. The van der Waals surface area contributed by atoms with Crippen LogP contribution in [-0.2, 0) is 13.6 Å². The molecule has 136 valence electrons. The summed E-state index contributed by atoms with van der Waals surface area (Å²) in [6.07, 6.45) is 3.13. The van der Waals surface area contributed by atoms with Crippen LogP contribution in [0.1, 0.15) is 37.4 Å². The number of anilines is 1. The van der Waals surface area contributed by atoms with Crippen LogP contribution in [0.4, 0.5) is 14.5 Å². The Kier molecular flexibility index (Phi) is 5.37. The van der Waals surface area contributed by atoms with Crippen molar-refractivity contribution in [2.45, 2.75) is 32.7 Å². The molecule has 1 aliphatic rings. The van der Waals surface area contributed by atoms with E-state index in [9.17, 15) is 8.78 Å². The molecule has 2 heterocycles. The summed E-state index contributed by atoms with van der Waals surface area (Å²) in [5.74, 6) is -0.656. The van der Waals surface area contributed by atoms with Gasteiger partial charge >= 0.3 is 0 Å². The SMILES string of the molecule is CC(C)c1nn(C)cc1CNC[C@H]1CCN(c2ccc(F)c(F)c2)C1. The van der Waals surface area contributed by atoms with Gasteiger partial charge in [-0.15, -0.1) is 0 Å². The number of aryl methyl sites for hydroxylation is 1. The van der Waals surface area contributed by atoms with E-state index >= 15 is 0 Å². The molecule has 1 N–H and O–H groups in total. The molecule has 0 unspecified atom stereocenters. The first-order chi connectivity index (χ1) is 11.9. The Morgan fingerprint density at radius 2 is 2.08 bits per heavy atom. The molecule has 1 aromatic carbocycles. The fourth-order valence-electron chi connectivity index (χ4n) is 3.50. The summed E-state index contributed by atoms with van der Waals surface area (Å²) in [5.41, 5.74) is 3.15. The third-order valence-electron chi connectivity index (χ3n) is 4.79. The molecular weight excluding hydrogens is 322 g/mol. The van der Waals surface area contributed by atoms with Crippen molar-refractivity contribution in [3.63, 3.8) is 0 Å². The molecule has 1 atom stereocenters. The number of nitrogens with one attached hydrogen (secondary N) is 1. The lowest BCUT2D eigenvalue weighted by atomic mass is 10.1. The van der Waals surface area contributed by atoms with E-state index in [1.165, 1.54) is 17.7 Å². The van der Waals surface area contributed by atoms with Crippen LogP contribution < -0.4 is 10.2 Å². The molecule has 3 rings (SSSR count). The molecule has 0 radical (unpaired) electrons. The van der Waals surface area contributed by atoms with Gasteiger partial charge in [-0.2, -0.15) is 5.10 Å². The number of rotatable bonds is 6. The topological polar surface area (TPSA) is 33.1 Å². The van der Waals surface area contributed by atoms with E-state index in [-0.39, 0.29) is 0 Å². The van der Waals surface area contributed by atoms with Crippen molar-refractivity contribution in [1.82, 2.24) is 15.1 Å². The number of halogens is 2. The second-order valence-corrected chi connectivity index (χ2v) is 7.20. The predicted octanol–water partition coefficient (Wildman–Crippen LogP) is 3.44. The van der Waals surface area contributed by atoms with E-state index in [4.69, 9.17) is 0 Å². The minimum atomic E-state index is -0.793. The molecule has 1 fully saturated rings. The summed E-state index contributed by atoms with van der Waals surface area (Å²) < 4.78 is 28.3. The lowest BCUT2D eigenvalue weighted by molar-refractivity contribution is 0.507. The highest BCUT2D eigenvalue weighted by atomic mass is 19.2. The van der Waals surface area contributed by atoms with Gasteiger partial charge in [-0.1, -0.05) is 13.8 Å². The molecule has 0 bridgehead atoms. The summed E-state index contributed by atoms with van der Waals surface area (Å²) in [5, 5.41) is 8.06. The summed E-state index contributed by atoms with van der Waals surface area (Å²) >= 11 is 0. The van der Waals surface area contributed by atoms with Crippen molar-refractivity contribution in [1.29, 1.82) is 0 Å².